The smallest absolute Gasteiger partial charge is 0.323 e. The second-order valence-electron chi connectivity index (χ2n) is 5.47. The van der Waals surface area contributed by atoms with E-state index in [0.29, 0.717) is 22.1 Å². The Kier molecular flexibility index (Phi) is 5.15. The molecule has 1 aromatic carbocycles. The lowest BCUT2D eigenvalue weighted by atomic mass is 10.1. The number of aromatic nitrogens is 2. The number of carboxylic acids is 1. The Balaban J connectivity index is 2.20. The normalized spacial score (nSPS) is 10.8. The van der Waals surface area contributed by atoms with Crippen LogP contribution in [0.25, 0.3) is 21.3 Å². The van der Waals surface area contributed by atoms with E-state index in [1.54, 1.807) is 21.3 Å². The number of likely N-dealkylation sites (N-methyl/N-ethyl adjacent to an activating group) is 1. The number of halogens is 1. The topological polar surface area (TPSA) is 84.8 Å². The molecule has 136 valence electrons. The lowest BCUT2D eigenvalue weighted by molar-refractivity contribution is -0.135. The van der Waals surface area contributed by atoms with Crippen molar-refractivity contribution in [3.8, 4) is 22.6 Å². The van der Waals surface area contributed by atoms with Crippen LogP contribution in [0.15, 0.2) is 23.6 Å². The van der Waals surface area contributed by atoms with Crippen LogP contribution < -0.4 is 14.4 Å². The van der Waals surface area contributed by atoms with E-state index in [0.717, 1.165) is 16.5 Å². The second kappa shape index (κ2) is 7.35. The number of thiophene rings is 1. The van der Waals surface area contributed by atoms with E-state index >= 15 is 0 Å². The van der Waals surface area contributed by atoms with Crippen molar-refractivity contribution < 1.29 is 19.4 Å². The number of carboxylic acid groups (broad SMARTS) is 1. The molecule has 0 unspecified atom stereocenters. The van der Waals surface area contributed by atoms with E-state index in [-0.39, 0.29) is 11.8 Å². The van der Waals surface area contributed by atoms with Crippen molar-refractivity contribution in [2.24, 2.45) is 0 Å². The van der Waals surface area contributed by atoms with Gasteiger partial charge in [-0.05, 0) is 29.3 Å². The molecule has 3 aromatic rings. The number of hydrogen-bond acceptors (Lipinski definition) is 7. The zero-order chi connectivity index (χ0) is 18.8. The van der Waals surface area contributed by atoms with Gasteiger partial charge in [0.15, 0.2) is 11.5 Å². The van der Waals surface area contributed by atoms with Gasteiger partial charge in [0, 0.05) is 18.0 Å². The van der Waals surface area contributed by atoms with Gasteiger partial charge in [-0.25, -0.2) is 4.98 Å². The minimum Gasteiger partial charge on any atom is -0.493 e. The average molecular weight is 394 g/mol. The van der Waals surface area contributed by atoms with Gasteiger partial charge >= 0.3 is 5.97 Å². The molecule has 26 heavy (non-hydrogen) atoms. The predicted octanol–water partition coefficient (Wildman–Crippen LogP) is 3.55. The summed E-state index contributed by atoms with van der Waals surface area (Å²) in [6.07, 6.45) is 0. The summed E-state index contributed by atoms with van der Waals surface area (Å²) in [5, 5.41) is 11.9. The van der Waals surface area contributed by atoms with Crippen molar-refractivity contribution in [3.05, 3.63) is 28.9 Å². The highest BCUT2D eigenvalue weighted by molar-refractivity contribution is 7.17. The van der Waals surface area contributed by atoms with Gasteiger partial charge in [-0.1, -0.05) is 6.07 Å². The molecule has 9 heteroatoms. The summed E-state index contributed by atoms with van der Waals surface area (Å²) < 4.78 is 10.7. The van der Waals surface area contributed by atoms with Crippen molar-refractivity contribution in [3.63, 3.8) is 0 Å². The quantitative estimate of drug-likeness (QED) is 0.641. The minimum atomic E-state index is -0.960. The summed E-state index contributed by atoms with van der Waals surface area (Å²) in [6, 6.07) is 5.57. The van der Waals surface area contributed by atoms with Gasteiger partial charge in [-0.15, -0.1) is 11.3 Å². The van der Waals surface area contributed by atoms with E-state index in [4.69, 9.17) is 26.2 Å². The lowest BCUT2D eigenvalue weighted by Crippen LogP contribution is -2.26. The maximum Gasteiger partial charge on any atom is 0.323 e. The molecular formula is C17H16ClN3O4S. The molecule has 0 bridgehead atoms. The van der Waals surface area contributed by atoms with E-state index < -0.39 is 5.97 Å². The first kappa shape index (κ1) is 18.2. The zero-order valence-electron chi connectivity index (χ0n) is 14.3. The Morgan fingerprint density at radius 2 is 2.00 bits per heavy atom. The summed E-state index contributed by atoms with van der Waals surface area (Å²) in [4.78, 5) is 21.8. The lowest BCUT2D eigenvalue weighted by Gasteiger charge is -2.17. The number of methoxy groups -OCH3 is 2. The monoisotopic (exact) mass is 393 g/mol. The van der Waals surface area contributed by atoms with Crippen LogP contribution >= 0.6 is 22.9 Å². The van der Waals surface area contributed by atoms with Crippen LogP contribution in [0.3, 0.4) is 0 Å². The summed E-state index contributed by atoms with van der Waals surface area (Å²) in [7, 11) is 4.80. The SMILES string of the molecule is COc1ccc(-c2csc3nc(Cl)nc(N(C)CC(=O)O)c23)cc1OC. The molecule has 7 nitrogen and oxygen atoms in total. The average Bonchev–Trinajstić information content (AvgIpc) is 3.03. The highest BCUT2D eigenvalue weighted by Gasteiger charge is 2.19. The van der Waals surface area contributed by atoms with Crippen LogP contribution in [0.1, 0.15) is 0 Å². The minimum absolute atomic E-state index is 0.0745. The Bertz CT molecular complexity index is 976. The molecule has 0 radical (unpaired) electrons. The molecule has 0 aliphatic rings. The number of aliphatic carboxylic acids is 1. The molecule has 0 spiro atoms. The van der Waals surface area contributed by atoms with Gasteiger partial charge in [-0.2, -0.15) is 4.98 Å². The van der Waals surface area contributed by atoms with E-state index in [1.165, 1.54) is 16.2 Å². The Morgan fingerprint density at radius 3 is 2.65 bits per heavy atom. The Hall–Kier alpha value is -2.58. The van der Waals surface area contributed by atoms with E-state index in [2.05, 4.69) is 9.97 Å². The first-order valence-electron chi connectivity index (χ1n) is 7.54. The van der Waals surface area contributed by atoms with Gasteiger partial charge in [0.05, 0.1) is 19.6 Å². The molecule has 3 rings (SSSR count). The van der Waals surface area contributed by atoms with E-state index in [9.17, 15) is 4.79 Å². The van der Waals surface area contributed by atoms with Crippen LogP contribution in [-0.2, 0) is 4.79 Å². The van der Waals surface area contributed by atoms with Crippen LogP contribution in [0.2, 0.25) is 5.28 Å². The third-order valence-corrected chi connectivity index (χ3v) is 4.86. The fourth-order valence-electron chi connectivity index (χ4n) is 2.67. The van der Waals surface area contributed by atoms with Crippen molar-refractivity contribution in [1.82, 2.24) is 9.97 Å². The number of fused-ring (bicyclic) bond motifs is 1. The van der Waals surface area contributed by atoms with Crippen LogP contribution in [0.5, 0.6) is 11.5 Å². The molecule has 0 fully saturated rings. The first-order valence-corrected chi connectivity index (χ1v) is 8.80. The van der Waals surface area contributed by atoms with Gasteiger partial charge in [0.25, 0.3) is 0 Å². The zero-order valence-corrected chi connectivity index (χ0v) is 15.9. The Labute approximate surface area is 158 Å². The fourth-order valence-corrected chi connectivity index (χ4v) is 3.82. The maximum atomic E-state index is 11.1. The maximum absolute atomic E-state index is 11.1. The molecule has 0 amide bonds. The van der Waals surface area contributed by atoms with Crippen molar-refractivity contribution in [2.45, 2.75) is 0 Å². The molecule has 0 aliphatic heterocycles. The molecule has 0 atom stereocenters. The number of benzene rings is 1. The van der Waals surface area contributed by atoms with Gasteiger partial charge in [0.2, 0.25) is 5.28 Å². The van der Waals surface area contributed by atoms with Crippen molar-refractivity contribution in [2.75, 3.05) is 32.7 Å². The Morgan fingerprint density at radius 1 is 1.27 bits per heavy atom. The first-order chi connectivity index (χ1) is 12.4. The summed E-state index contributed by atoms with van der Waals surface area (Å²) in [6.45, 7) is -0.205. The number of hydrogen-bond donors (Lipinski definition) is 1. The fraction of sp³-hybridized carbons (Fsp3) is 0.235. The second-order valence-corrected chi connectivity index (χ2v) is 6.66. The van der Waals surface area contributed by atoms with Crippen LogP contribution in [0, 0.1) is 0 Å². The molecule has 2 aromatic heterocycles. The molecular weight excluding hydrogens is 378 g/mol. The summed E-state index contributed by atoms with van der Waals surface area (Å²) in [5.41, 5.74) is 1.75. The largest absolute Gasteiger partial charge is 0.493 e. The van der Waals surface area contributed by atoms with Crippen LogP contribution in [-0.4, -0.2) is 48.9 Å². The summed E-state index contributed by atoms with van der Waals surface area (Å²) in [5.74, 6) is 0.727. The molecule has 1 N–H and O–H groups in total. The van der Waals surface area contributed by atoms with E-state index in [1.807, 2.05) is 23.6 Å². The van der Waals surface area contributed by atoms with Crippen LogP contribution in [0.4, 0.5) is 5.82 Å². The van der Waals surface area contributed by atoms with Crippen molar-refractivity contribution in [1.29, 1.82) is 0 Å². The number of anilines is 1. The number of nitrogens with zero attached hydrogens (tertiary/aromatic N) is 3. The predicted molar refractivity (Wildman–Crippen MR) is 102 cm³/mol. The van der Waals surface area contributed by atoms with Gasteiger partial charge in [-0.3, -0.25) is 4.79 Å². The summed E-state index contributed by atoms with van der Waals surface area (Å²) >= 11 is 7.44. The standard InChI is InChI=1S/C17H16ClN3O4S/c1-21(7-13(22)23)15-14-10(8-26-16(14)20-17(18)19-15)9-4-5-11(24-2)12(6-9)25-3/h4-6,8H,7H2,1-3H3,(H,22,23). The molecule has 0 saturated heterocycles. The third kappa shape index (κ3) is 3.38. The van der Waals surface area contributed by atoms with Gasteiger partial charge in [0.1, 0.15) is 17.2 Å². The van der Waals surface area contributed by atoms with Crippen molar-refractivity contribution >= 4 is 44.9 Å². The molecule has 0 aliphatic carbocycles. The highest BCUT2D eigenvalue weighted by Crippen LogP contribution is 2.41. The third-order valence-electron chi connectivity index (χ3n) is 3.82. The molecule has 2 heterocycles. The molecule has 0 saturated carbocycles. The number of rotatable bonds is 6. The number of ether oxygens (including phenoxy) is 2. The number of carbonyl (C=O) groups is 1. The highest BCUT2D eigenvalue weighted by atomic mass is 35.5. The van der Waals surface area contributed by atoms with Gasteiger partial charge < -0.3 is 19.5 Å².